The van der Waals surface area contributed by atoms with Gasteiger partial charge in [0.1, 0.15) is 0 Å². The highest BCUT2D eigenvalue weighted by atomic mass is 16.1. The fraction of sp³-hybridized carbons (Fsp3) is 0.304. The third kappa shape index (κ3) is 5.81. The number of hydrogen-bond acceptors (Lipinski definition) is 2. The number of aryl methyl sites for hydroxylation is 1. The standard InChI is InChI=1S/C23H27N3O/c1-18(2)22-9-6-19(7-10-22)8-11-23(27)25-15-20-4-3-5-21(14-20)16-26-13-12-24-17-26/h3-7,9-10,12-14,17-18H,8,11,15-16H2,1-2H3,(H,25,27). The molecule has 0 unspecified atom stereocenters. The van der Waals surface area contributed by atoms with Gasteiger partial charge < -0.3 is 9.88 Å². The maximum atomic E-state index is 12.2. The van der Waals surface area contributed by atoms with Gasteiger partial charge in [0.05, 0.1) is 6.33 Å². The van der Waals surface area contributed by atoms with Gasteiger partial charge in [-0.25, -0.2) is 4.98 Å². The van der Waals surface area contributed by atoms with Crippen molar-refractivity contribution in [3.05, 3.63) is 89.5 Å². The van der Waals surface area contributed by atoms with Crippen LogP contribution in [0, 0.1) is 0 Å². The zero-order valence-corrected chi connectivity index (χ0v) is 16.1. The second-order valence-corrected chi connectivity index (χ2v) is 7.23. The molecule has 0 aliphatic rings. The van der Waals surface area contributed by atoms with Crippen LogP contribution in [-0.2, 0) is 24.3 Å². The molecule has 0 fully saturated rings. The number of hydrogen-bond donors (Lipinski definition) is 1. The number of carbonyl (C=O) groups excluding carboxylic acids is 1. The van der Waals surface area contributed by atoms with Crippen LogP contribution in [0.15, 0.2) is 67.3 Å². The van der Waals surface area contributed by atoms with Crippen LogP contribution >= 0.6 is 0 Å². The Hall–Kier alpha value is -2.88. The average molecular weight is 361 g/mol. The second-order valence-electron chi connectivity index (χ2n) is 7.23. The predicted octanol–water partition coefficient (Wildman–Crippen LogP) is 4.30. The summed E-state index contributed by atoms with van der Waals surface area (Å²) in [4.78, 5) is 16.2. The number of imidazole rings is 1. The maximum absolute atomic E-state index is 12.2. The van der Waals surface area contributed by atoms with Crippen LogP contribution in [0.25, 0.3) is 0 Å². The van der Waals surface area contributed by atoms with E-state index in [0.29, 0.717) is 18.9 Å². The van der Waals surface area contributed by atoms with Gasteiger partial charge in [0.2, 0.25) is 5.91 Å². The summed E-state index contributed by atoms with van der Waals surface area (Å²) in [5, 5.41) is 3.03. The van der Waals surface area contributed by atoms with Gasteiger partial charge in [-0.15, -0.1) is 0 Å². The molecule has 0 bridgehead atoms. The highest BCUT2D eigenvalue weighted by Gasteiger charge is 2.05. The molecule has 0 aliphatic heterocycles. The molecule has 140 valence electrons. The molecule has 0 saturated heterocycles. The summed E-state index contributed by atoms with van der Waals surface area (Å²) in [5.74, 6) is 0.620. The third-order valence-corrected chi connectivity index (χ3v) is 4.69. The smallest absolute Gasteiger partial charge is 0.220 e. The molecule has 1 aromatic heterocycles. The van der Waals surface area contributed by atoms with E-state index in [1.807, 2.05) is 29.2 Å². The minimum Gasteiger partial charge on any atom is -0.352 e. The number of benzene rings is 2. The number of amides is 1. The van der Waals surface area contributed by atoms with E-state index >= 15 is 0 Å². The Morgan fingerprint density at radius 3 is 2.56 bits per heavy atom. The molecule has 3 aromatic rings. The minimum absolute atomic E-state index is 0.0861. The second kappa shape index (κ2) is 9.17. The van der Waals surface area contributed by atoms with Crippen molar-refractivity contribution in [3.63, 3.8) is 0 Å². The summed E-state index contributed by atoms with van der Waals surface area (Å²) < 4.78 is 2.03. The predicted molar refractivity (Wildman–Crippen MR) is 108 cm³/mol. The van der Waals surface area contributed by atoms with Gasteiger partial charge in [0.15, 0.2) is 0 Å². The van der Waals surface area contributed by atoms with Crippen molar-refractivity contribution in [1.29, 1.82) is 0 Å². The van der Waals surface area contributed by atoms with Crippen LogP contribution in [-0.4, -0.2) is 15.5 Å². The van der Waals surface area contributed by atoms with E-state index in [1.165, 1.54) is 16.7 Å². The monoisotopic (exact) mass is 361 g/mol. The van der Waals surface area contributed by atoms with E-state index in [2.05, 4.69) is 60.5 Å². The molecule has 0 aliphatic carbocycles. The van der Waals surface area contributed by atoms with Gasteiger partial charge >= 0.3 is 0 Å². The number of nitrogens with one attached hydrogen (secondary N) is 1. The molecule has 0 spiro atoms. The summed E-state index contributed by atoms with van der Waals surface area (Å²) in [6, 6.07) is 16.9. The molecule has 1 N–H and O–H groups in total. The first-order valence-electron chi connectivity index (χ1n) is 9.49. The van der Waals surface area contributed by atoms with Crippen LogP contribution in [0.5, 0.6) is 0 Å². The number of carbonyl (C=O) groups is 1. The Kier molecular flexibility index (Phi) is 6.42. The molecule has 4 heteroatoms. The first kappa shape index (κ1) is 18.9. The maximum Gasteiger partial charge on any atom is 0.220 e. The van der Waals surface area contributed by atoms with Crippen LogP contribution in [0.4, 0.5) is 0 Å². The van der Waals surface area contributed by atoms with E-state index in [1.54, 1.807) is 6.20 Å². The summed E-state index contributed by atoms with van der Waals surface area (Å²) >= 11 is 0. The van der Waals surface area contributed by atoms with E-state index in [9.17, 15) is 4.79 Å². The Morgan fingerprint density at radius 2 is 1.85 bits per heavy atom. The number of rotatable bonds is 8. The molecule has 0 radical (unpaired) electrons. The van der Waals surface area contributed by atoms with Gasteiger partial charge in [0, 0.05) is 31.9 Å². The third-order valence-electron chi connectivity index (χ3n) is 4.69. The summed E-state index contributed by atoms with van der Waals surface area (Å²) in [5.41, 5.74) is 4.85. The van der Waals surface area contributed by atoms with Crippen molar-refractivity contribution in [2.24, 2.45) is 0 Å². The van der Waals surface area contributed by atoms with Crippen molar-refractivity contribution in [1.82, 2.24) is 14.9 Å². The largest absolute Gasteiger partial charge is 0.352 e. The van der Waals surface area contributed by atoms with Gasteiger partial charge in [-0.2, -0.15) is 0 Å². The molecule has 0 saturated carbocycles. The first-order valence-corrected chi connectivity index (χ1v) is 9.49. The zero-order chi connectivity index (χ0) is 19.1. The van der Waals surface area contributed by atoms with Crippen molar-refractivity contribution in [2.45, 2.75) is 45.7 Å². The SMILES string of the molecule is CC(C)c1ccc(CCC(=O)NCc2cccc(Cn3ccnc3)c2)cc1. The van der Waals surface area contributed by atoms with Crippen molar-refractivity contribution in [2.75, 3.05) is 0 Å². The Morgan fingerprint density at radius 1 is 1.07 bits per heavy atom. The van der Waals surface area contributed by atoms with E-state index in [-0.39, 0.29) is 5.91 Å². The lowest BCUT2D eigenvalue weighted by molar-refractivity contribution is -0.121. The Balaban J connectivity index is 1.46. The van der Waals surface area contributed by atoms with Gasteiger partial charge in [-0.3, -0.25) is 4.79 Å². The molecule has 2 aromatic carbocycles. The Bertz CT molecular complexity index is 852. The molecule has 1 amide bonds. The zero-order valence-electron chi connectivity index (χ0n) is 16.1. The summed E-state index contributed by atoms with van der Waals surface area (Å²) in [7, 11) is 0. The highest BCUT2D eigenvalue weighted by molar-refractivity contribution is 5.76. The van der Waals surface area contributed by atoms with Crippen LogP contribution in [0.1, 0.15) is 48.4 Å². The quantitative estimate of drug-likeness (QED) is 0.650. The first-order chi connectivity index (χ1) is 13.1. The molecular weight excluding hydrogens is 334 g/mol. The Labute approximate surface area is 161 Å². The highest BCUT2D eigenvalue weighted by Crippen LogP contribution is 2.15. The lowest BCUT2D eigenvalue weighted by atomic mass is 10.0. The topological polar surface area (TPSA) is 46.9 Å². The van der Waals surface area contributed by atoms with Crippen molar-refractivity contribution < 1.29 is 4.79 Å². The van der Waals surface area contributed by atoms with E-state index in [4.69, 9.17) is 0 Å². The van der Waals surface area contributed by atoms with E-state index < -0.39 is 0 Å². The summed E-state index contributed by atoms with van der Waals surface area (Å²) in [6.45, 7) is 5.72. The van der Waals surface area contributed by atoms with E-state index in [0.717, 1.165) is 18.5 Å². The fourth-order valence-electron chi connectivity index (χ4n) is 3.05. The lowest BCUT2D eigenvalue weighted by Gasteiger charge is -2.09. The van der Waals surface area contributed by atoms with Crippen molar-refractivity contribution in [3.8, 4) is 0 Å². The van der Waals surface area contributed by atoms with Crippen LogP contribution in [0.3, 0.4) is 0 Å². The van der Waals surface area contributed by atoms with Crippen LogP contribution < -0.4 is 5.32 Å². The number of aromatic nitrogens is 2. The minimum atomic E-state index is 0.0861. The van der Waals surface area contributed by atoms with Gasteiger partial charge in [-0.05, 0) is 34.6 Å². The van der Waals surface area contributed by atoms with Gasteiger partial charge in [0.25, 0.3) is 0 Å². The molecular formula is C23H27N3O. The molecule has 0 atom stereocenters. The van der Waals surface area contributed by atoms with Crippen molar-refractivity contribution >= 4 is 5.91 Å². The fourth-order valence-corrected chi connectivity index (χ4v) is 3.05. The lowest BCUT2D eigenvalue weighted by Crippen LogP contribution is -2.23. The van der Waals surface area contributed by atoms with Gasteiger partial charge in [-0.1, -0.05) is 62.4 Å². The number of nitrogens with zero attached hydrogens (tertiary/aromatic N) is 2. The average Bonchev–Trinajstić information content (AvgIpc) is 3.18. The molecule has 27 heavy (non-hydrogen) atoms. The molecule has 1 heterocycles. The molecule has 3 rings (SSSR count). The van der Waals surface area contributed by atoms with Crippen LogP contribution in [0.2, 0.25) is 0 Å². The summed E-state index contributed by atoms with van der Waals surface area (Å²) in [6.07, 6.45) is 6.81. The molecule has 4 nitrogen and oxygen atoms in total. The normalized spacial score (nSPS) is 10.9.